The Labute approximate surface area is 195 Å². The molecule has 3 aromatic rings. The molecule has 2 aliphatic rings. The van der Waals surface area contributed by atoms with Crippen LogP contribution in [0.2, 0.25) is 0 Å². The van der Waals surface area contributed by atoms with Crippen molar-refractivity contribution in [3.05, 3.63) is 83.4 Å². The Morgan fingerprint density at radius 3 is 2.16 bits per heavy atom. The van der Waals surface area contributed by atoms with E-state index in [4.69, 9.17) is 0 Å². The fourth-order valence-electron chi connectivity index (χ4n) is 5.92. The molecule has 1 saturated carbocycles. The maximum atomic E-state index is 9.69. The molecule has 0 atom stereocenters. The molecule has 3 aromatic carbocycles. The number of fused-ring (bicyclic) bond motifs is 3. The van der Waals surface area contributed by atoms with Gasteiger partial charge in [-0.05, 0) is 85.5 Å². The van der Waals surface area contributed by atoms with Gasteiger partial charge in [0.15, 0.2) is 0 Å². The van der Waals surface area contributed by atoms with E-state index in [0.717, 1.165) is 25.7 Å². The molecule has 32 heavy (non-hydrogen) atoms. The average Bonchev–Trinajstić information content (AvgIpc) is 3.00. The first-order valence-corrected chi connectivity index (χ1v) is 12.3. The lowest BCUT2D eigenvalue weighted by Gasteiger charge is -2.41. The number of anilines is 2. The topological polar surface area (TPSA) is 3.24 Å². The third kappa shape index (κ3) is 3.47. The minimum absolute atomic E-state index is 0.0520. The van der Waals surface area contributed by atoms with Crippen molar-refractivity contribution in [2.75, 3.05) is 4.90 Å². The lowest BCUT2D eigenvalue weighted by atomic mass is 9.77. The number of para-hydroxylation sites is 1. The highest BCUT2D eigenvalue weighted by Crippen LogP contribution is 2.53. The quantitative estimate of drug-likeness (QED) is 0.405. The monoisotopic (exact) mass is 424 g/mol. The average molecular weight is 425 g/mol. The molecule has 166 valence electrons. The van der Waals surface area contributed by atoms with E-state index in [1.807, 2.05) is 0 Å². The second-order valence-corrected chi connectivity index (χ2v) is 11.1. The molecule has 1 fully saturated rings. The number of nitrogens with zero attached hydrogens (tertiary/aromatic N) is 1. The molecule has 5 rings (SSSR count). The zero-order valence-corrected chi connectivity index (χ0v) is 20.3. The van der Waals surface area contributed by atoms with Gasteiger partial charge < -0.3 is 4.90 Å². The number of rotatable bonds is 3. The second-order valence-electron chi connectivity index (χ2n) is 11.1. The fraction of sp³-hybridized carbons (Fsp3) is 0.419. The van der Waals surface area contributed by atoms with Gasteiger partial charge >= 0.3 is 0 Å². The SMILES string of the molecule is [2H]C1(c2cc3c(cc2N(c2ccccc2)C(C)(C)C)-c2ccccc2C3(C)C)CCCCC1. The maximum absolute atomic E-state index is 9.69. The molecule has 0 spiro atoms. The summed E-state index contributed by atoms with van der Waals surface area (Å²) in [4.78, 5) is 2.47. The summed E-state index contributed by atoms with van der Waals surface area (Å²) in [5, 5.41) is 0. The molecule has 0 bridgehead atoms. The van der Waals surface area contributed by atoms with Crippen LogP contribution in [0.25, 0.3) is 11.1 Å². The normalized spacial score (nSPS) is 19.1. The summed E-state index contributed by atoms with van der Waals surface area (Å²) in [6, 6.07) is 24.4. The predicted molar refractivity (Wildman–Crippen MR) is 138 cm³/mol. The standard InChI is InChI=1S/C31H37N/c1-30(2,3)32(23-16-10-7-11-17-23)29-21-26-24-18-12-13-19-27(24)31(4,5)28(26)20-25(29)22-14-8-6-9-15-22/h7,10-13,16-22H,6,8-9,14-15H2,1-5H3/i22D. The molecule has 0 radical (unpaired) electrons. The van der Waals surface area contributed by atoms with E-state index in [-0.39, 0.29) is 11.0 Å². The maximum Gasteiger partial charge on any atom is 0.0457 e. The molecule has 0 amide bonds. The summed E-state index contributed by atoms with van der Waals surface area (Å²) in [6.07, 6.45) is 5.42. The van der Waals surface area contributed by atoms with Crippen molar-refractivity contribution in [2.45, 2.75) is 83.6 Å². The van der Waals surface area contributed by atoms with E-state index >= 15 is 0 Å². The van der Waals surface area contributed by atoms with Gasteiger partial charge in [-0.3, -0.25) is 0 Å². The molecule has 0 aliphatic heterocycles. The Kier molecular flexibility index (Phi) is 4.90. The van der Waals surface area contributed by atoms with Gasteiger partial charge in [0.1, 0.15) is 0 Å². The van der Waals surface area contributed by atoms with Crippen LogP contribution in [0.4, 0.5) is 11.4 Å². The van der Waals surface area contributed by atoms with Crippen LogP contribution in [0.1, 0.15) is 90.7 Å². The molecule has 0 saturated heterocycles. The summed E-state index contributed by atoms with van der Waals surface area (Å²) in [5.41, 5.74) is 8.88. The molecule has 0 unspecified atom stereocenters. The third-order valence-electron chi connectivity index (χ3n) is 7.46. The molecule has 0 aromatic heterocycles. The highest BCUT2D eigenvalue weighted by molar-refractivity contribution is 5.86. The Balaban J connectivity index is 1.82. The van der Waals surface area contributed by atoms with Crippen molar-refractivity contribution in [1.82, 2.24) is 0 Å². The minimum atomic E-state index is -0.536. The van der Waals surface area contributed by atoms with Crippen LogP contribution >= 0.6 is 0 Å². The van der Waals surface area contributed by atoms with Gasteiger partial charge in [0, 0.05) is 23.7 Å². The van der Waals surface area contributed by atoms with Crippen LogP contribution in [0.15, 0.2) is 66.7 Å². The van der Waals surface area contributed by atoms with Crippen molar-refractivity contribution in [2.24, 2.45) is 0 Å². The largest absolute Gasteiger partial charge is 0.336 e. The van der Waals surface area contributed by atoms with Crippen LogP contribution < -0.4 is 4.90 Å². The molecule has 0 heterocycles. The van der Waals surface area contributed by atoms with E-state index in [0.29, 0.717) is 0 Å². The number of hydrogen-bond acceptors (Lipinski definition) is 1. The first-order chi connectivity index (χ1) is 15.6. The zero-order valence-electron chi connectivity index (χ0n) is 21.3. The van der Waals surface area contributed by atoms with Gasteiger partial charge in [-0.2, -0.15) is 0 Å². The van der Waals surface area contributed by atoms with Gasteiger partial charge in [-0.1, -0.05) is 81.6 Å². The van der Waals surface area contributed by atoms with E-state index in [1.165, 1.54) is 45.6 Å². The Bertz CT molecular complexity index is 1160. The summed E-state index contributed by atoms with van der Waals surface area (Å²) < 4.78 is 9.69. The van der Waals surface area contributed by atoms with Crippen LogP contribution in [-0.4, -0.2) is 5.54 Å². The first kappa shape index (κ1) is 20.1. The molecule has 1 heteroatoms. The molecule has 1 nitrogen and oxygen atoms in total. The molecule has 2 aliphatic carbocycles. The number of benzene rings is 3. The van der Waals surface area contributed by atoms with Crippen molar-refractivity contribution in [3.8, 4) is 11.1 Å². The minimum Gasteiger partial charge on any atom is -0.336 e. The van der Waals surface area contributed by atoms with Crippen molar-refractivity contribution in [3.63, 3.8) is 0 Å². The van der Waals surface area contributed by atoms with E-state index < -0.39 is 5.89 Å². The molecular formula is C31H37N. The van der Waals surface area contributed by atoms with Crippen LogP contribution in [0, 0.1) is 0 Å². The highest BCUT2D eigenvalue weighted by Gasteiger charge is 2.38. The predicted octanol–water partition coefficient (Wildman–Crippen LogP) is 8.98. The number of hydrogen-bond donors (Lipinski definition) is 0. The molecular weight excluding hydrogens is 386 g/mol. The highest BCUT2D eigenvalue weighted by atomic mass is 15.2. The lowest BCUT2D eigenvalue weighted by Crippen LogP contribution is -2.38. The van der Waals surface area contributed by atoms with Crippen molar-refractivity contribution >= 4 is 11.4 Å². The van der Waals surface area contributed by atoms with Crippen LogP contribution in [0.3, 0.4) is 0 Å². The Morgan fingerprint density at radius 1 is 0.812 bits per heavy atom. The summed E-state index contributed by atoms with van der Waals surface area (Å²) in [7, 11) is 0. The van der Waals surface area contributed by atoms with E-state index in [1.54, 1.807) is 0 Å². The Morgan fingerprint density at radius 2 is 1.47 bits per heavy atom. The summed E-state index contributed by atoms with van der Waals surface area (Å²) in [6.45, 7) is 11.5. The van der Waals surface area contributed by atoms with Gasteiger partial charge in [-0.25, -0.2) is 0 Å². The van der Waals surface area contributed by atoms with Crippen molar-refractivity contribution < 1.29 is 1.37 Å². The van der Waals surface area contributed by atoms with Crippen LogP contribution in [0.5, 0.6) is 0 Å². The van der Waals surface area contributed by atoms with E-state index in [9.17, 15) is 1.37 Å². The zero-order chi connectivity index (χ0) is 23.4. The molecule has 0 N–H and O–H groups in total. The van der Waals surface area contributed by atoms with Gasteiger partial charge in [0.05, 0.1) is 0 Å². The third-order valence-corrected chi connectivity index (χ3v) is 7.46. The fourth-order valence-corrected chi connectivity index (χ4v) is 5.92. The lowest BCUT2D eigenvalue weighted by molar-refractivity contribution is 0.441. The van der Waals surface area contributed by atoms with Crippen molar-refractivity contribution in [1.29, 1.82) is 0 Å². The smallest absolute Gasteiger partial charge is 0.0457 e. The summed E-state index contributed by atoms with van der Waals surface area (Å²) in [5.74, 6) is -0.536. The van der Waals surface area contributed by atoms with E-state index in [2.05, 4.69) is 106 Å². The second kappa shape index (κ2) is 7.80. The Hall–Kier alpha value is -2.54. The van der Waals surface area contributed by atoms with Gasteiger partial charge in [0.2, 0.25) is 0 Å². The van der Waals surface area contributed by atoms with Crippen LogP contribution in [-0.2, 0) is 5.41 Å². The summed E-state index contributed by atoms with van der Waals surface area (Å²) >= 11 is 0. The van der Waals surface area contributed by atoms with Gasteiger partial charge in [-0.15, -0.1) is 0 Å². The first-order valence-electron chi connectivity index (χ1n) is 12.8. The van der Waals surface area contributed by atoms with Gasteiger partial charge in [0.25, 0.3) is 0 Å².